The lowest BCUT2D eigenvalue weighted by Gasteiger charge is -2.03. The zero-order chi connectivity index (χ0) is 6.10. The van der Waals surface area contributed by atoms with Crippen molar-refractivity contribution in [2.24, 2.45) is 0 Å². The first kappa shape index (κ1) is 5.36. The molecule has 0 N–H and O–H groups in total. The molecule has 0 unspecified atom stereocenters. The number of hydrogen-bond donors (Lipinski definition) is 0. The van der Waals surface area contributed by atoms with Gasteiger partial charge in [-0.2, -0.15) is 0 Å². The minimum absolute atomic E-state index is 1.25. The highest BCUT2D eigenvalue weighted by molar-refractivity contribution is 8.06. The van der Waals surface area contributed by atoms with Crippen LogP contribution in [-0.4, -0.2) is 0 Å². The fraction of sp³-hybridized carbons (Fsp3) is 0.250. The van der Waals surface area contributed by atoms with Gasteiger partial charge in [-0.1, -0.05) is 30.0 Å². The van der Waals surface area contributed by atoms with Crippen molar-refractivity contribution in [3.05, 3.63) is 34.1 Å². The van der Waals surface area contributed by atoms with Crippen molar-refractivity contribution in [3.63, 3.8) is 0 Å². The third-order valence-corrected chi connectivity index (χ3v) is 2.61. The zero-order valence-corrected chi connectivity index (χ0v) is 5.95. The maximum absolute atomic E-state index is 2.32. The fourth-order valence-electron chi connectivity index (χ4n) is 1.17. The summed E-state index contributed by atoms with van der Waals surface area (Å²) < 4.78 is 0. The molecule has 2 rings (SSSR count). The molecule has 0 amide bonds. The molecule has 1 heterocycles. The molecule has 0 saturated heterocycles. The van der Waals surface area contributed by atoms with Crippen LogP contribution in [0.15, 0.2) is 34.1 Å². The number of fused-ring (bicyclic) bond motifs is 1. The molecular weight excluding hydrogens is 128 g/mol. The first-order valence-electron chi connectivity index (χ1n) is 3.20. The molecule has 0 saturated carbocycles. The molecule has 0 bridgehead atoms. The smallest absolute Gasteiger partial charge is 0.0108 e. The van der Waals surface area contributed by atoms with E-state index in [2.05, 4.69) is 23.6 Å². The van der Waals surface area contributed by atoms with E-state index in [1.54, 1.807) is 0 Å². The van der Waals surface area contributed by atoms with Gasteiger partial charge in [0.2, 0.25) is 0 Å². The van der Waals surface area contributed by atoms with Crippen molar-refractivity contribution < 1.29 is 0 Å². The summed E-state index contributed by atoms with van der Waals surface area (Å²) in [5, 5.41) is 2.14. The average Bonchev–Trinajstić information content (AvgIpc) is 2.33. The molecule has 0 radical (unpaired) electrons. The number of thioether (sulfide) groups is 1. The third kappa shape index (κ3) is 0.855. The molecule has 0 spiro atoms. The average molecular weight is 136 g/mol. The minimum atomic E-state index is 1.25. The first-order valence-corrected chi connectivity index (χ1v) is 4.08. The van der Waals surface area contributed by atoms with Crippen molar-refractivity contribution in [2.45, 2.75) is 12.8 Å². The van der Waals surface area contributed by atoms with Crippen LogP contribution < -0.4 is 0 Å². The van der Waals surface area contributed by atoms with E-state index in [0.29, 0.717) is 0 Å². The molecule has 0 fully saturated rings. The quantitative estimate of drug-likeness (QED) is 0.493. The molecule has 0 aromatic heterocycles. The summed E-state index contributed by atoms with van der Waals surface area (Å²) in [7, 11) is 0. The highest BCUT2D eigenvalue weighted by Gasteiger charge is 2.11. The van der Waals surface area contributed by atoms with Crippen LogP contribution >= 0.6 is 11.8 Å². The molecule has 0 aromatic carbocycles. The van der Waals surface area contributed by atoms with Gasteiger partial charge in [-0.05, 0) is 23.8 Å². The second-order valence-electron chi connectivity index (χ2n) is 2.25. The Kier molecular flexibility index (Phi) is 1.23. The Morgan fingerprint density at radius 2 is 2.44 bits per heavy atom. The Balaban J connectivity index is 2.37. The lowest BCUT2D eigenvalue weighted by Crippen LogP contribution is -1.78. The van der Waals surface area contributed by atoms with Crippen LogP contribution in [0.5, 0.6) is 0 Å². The zero-order valence-electron chi connectivity index (χ0n) is 5.13. The molecule has 0 atom stereocenters. The molecule has 46 valence electrons. The molecule has 1 heteroatoms. The fourth-order valence-corrected chi connectivity index (χ4v) is 2.01. The summed E-state index contributed by atoms with van der Waals surface area (Å²) >= 11 is 1.85. The van der Waals surface area contributed by atoms with Gasteiger partial charge < -0.3 is 0 Å². The molecular formula is C8H8S. The maximum Gasteiger partial charge on any atom is 0.0108 e. The first-order chi connectivity index (χ1) is 4.47. The van der Waals surface area contributed by atoms with Crippen LogP contribution in [0.25, 0.3) is 0 Å². The van der Waals surface area contributed by atoms with Crippen molar-refractivity contribution in [1.29, 1.82) is 0 Å². The summed E-state index contributed by atoms with van der Waals surface area (Å²) in [4.78, 5) is 1.48. The maximum atomic E-state index is 2.32. The number of rotatable bonds is 0. The van der Waals surface area contributed by atoms with Crippen molar-refractivity contribution >= 4 is 11.8 Å². The standard InChI is InChI=1S/C8H8S/c1-3-7-4-2-6-9-8(7)5-1/h2,4-6H,1,3H2. The van der Waals surface area contributed by atoms with Crippen LogP contribution in [0.3, 0.4) is 0 Å². The third-order valence-electron chi connectivity index (χ3n) is 1.63. The lowest BCUT2D eigenvalue weighted by atomic mass is 10.2. The predicted octanol–water partition coefficient (Wildman–Crippen LogP) is 2.85. The van der Waals surface area contributed by atoms with Crippen molar-refractivity contribution in [2.75, 3.05) is 0 Å². The Morgan fingerprint density at radius 3 is 3.33 bits per heavy atom. The van der Waals surface area contributed by atoms with Crippen LogP contribution in [0.4, 0.5) is 0 Å². The molecule has 1 aliphatic heterocycles. The highest BCUT2D eigenvalue weighted by Crippen LogP contribution is 2.36. The van der Waals surface area contributed by atoms with Crippen molar-refractivity contribution in [1.82, 2.24) is 0 Å². The van der Waals surface area contributed by atoms with Gasteiger partial charge in [0.05, 0.1) is 0 Å². The van der Waals surface area contributed by atoms with Gasteiger partial charge in [-0.15, -0.1) is 0 Å². The second kappa shape index (κ2) is 2.07. The molecule has 0 nitrogen and oxygen atoms in total. The summed E-state index contributed by atoms with van der Waals surface area (Å²) in [6.07, 6.45) is 9.17. The topological polar surface area (TPSA) is 0 Å². The molecule has 1 aliphatic carbocycles. The summed E-state index contributed by atoms with van der Waals surface area (Å²) in [5.41, 5.74) is 1.53. The molecule has 0 aromatic rings. The second-order valence-corrected chi connectivity index (χ2v) is 3.19. The van der Waals surface area contributed by atoms with Gasteiger partial charge >= 0.3 is 0 Å². The van der Waals surface area contributed by atoms with Crippen LogP contribution in [0, 0.1) is 0 Å². The van der Waals surface area contributed by atoms with Crippen LogP contribution in [-0.2, 0) is 0 Å². The van der Waals surface area contributed by atoms with E-state index >= 15 is 0 Å². The van der Waals surface area contributed by atoms with Gasteiger partial charge in [0, 0.05) is 4.91 Å². The van der Waals surface area contributed by atoms with E-state index in [-0.39, 0.29) is 0 Å². The summed E-state index contributed by atoms with van der Waals surface area (Å²) in [6.45, 7) is 0. The molecule has 9 heavy (non-hydrogen) atoms. The summed E-state index contributed by atoms with van der Waals surface area (Å²) in [6, 6.07) is 0. The Labute approximate surface area is 59.3 Å². The van der Waals surface area contributed by atoms with E-state index in [0.717, 1.165) is 0 Å². The largest absolute Gasteiger partial charge is 0.0981 e. The van der Waals surface area contributed by atoms with E-state index in [1.165, 1.54) is 23.3 Å². The summed E-state index contributed by atoms with van der Waals surface area (Å²) in [5.74, 6) is 0. The van der Waals surface area contributed by atoms with E-state index in [1.807, 2.05) is 11.8 Å². The van der Waals surface area contributed by atoms with E-state index < -0.39 is 0 Å². The number of allylic oxidation sites excluding steroid dienone is 4. The highest BCUT2D eigenvalue weighted by atomic mass is 32.2. The van der Waals surface area contributed by atoms with E-state index in [9.17, 15) is 0 Å². The Bertz CT molecular complexity index is 209. The Morgan fingerprint density at radius 1 is 1.44 bits per heavy atom. The van der Waals surface area contributed by atoms with Crippen LogP contribution in [0.2, 0.25) is 0 Å². The van der Waals surface area contributed by atoms with Gasteiger partial charge in [-0.25, -0.2) is 0 Å². The van der Waals surface area contributed by atoms with Gasteiger partial charge in [0.25, 0.3) is 0 Å². The van der Waals surface area contributed by atoms with E-state index in [4.69, 9.17) is 0 Å². The van der Waals surface area contributed by atoms with Gasteiger partial charge in [0.15, 0.2) is 0 Å². The lowest BCUT2D eigenvalue weighted by molar-refractivity contribution is 1.06. The predicted molar refractivity (Wildman–Crippen MR) is 42.1 cm³/mol. The molecule has 2 aliphatic rings. The Hall–Kier alpha value is -0.430. The number of hydrogen-bond acceptors (Lipinski definition) is 1. The van der Waals surface area contributed by atoms with Crippen molar-refractivity contribution in [3.8, 4) is 0 Å². The minimum Gasteiger partial charge on any atom is -0.0981 e. The van der Waals surface area contributed by atoms with Crippen LogP contribution in [0.1, 0.15) is 12.8 Å². The van der Waals surface area contributed by atoms with Gasteiger partial charge in [-0.3, -0.25) is 0 Å². The SMILES string of the molecule is C1=CSC2=CCCC2=C1. The normalized spacial score (nSPS) is 23.1. The van der Waals surface area contributed by atoms with Gasteiger partial charge in [0.1, 0.15) is 0 Å². The monoisotopic (exact) mass is 136 g/mol.